The van der Waals surface area contributed by atoms with Gasteiger partial charge in [-0.2, -0.15) is 10.1 Å². The molecule has 0 spiro atoms. The molecule has 0 aromatic rings. The third kappa shape index (κ3) is 8.14. The van der Waals surface area contributed by atoms with Gasteiger partial charge in [-0.25, -0.2) is 0 Å². The first-order chi connectivity index (χ1) is 16.5. The van der Waals surface area contributed by atoms with Crippen molar-refractivity contribution in [1.82, 2.24) is 10.1 Å². The topological polar surface area (TPSA) is 99.5 Å². The third-order valence-electron chi connectivity index (χ3n) is 7.97. The molecule has 0 atom stereocenters. The van der Waals surface area contributed by atoms with E-state index < -0.39 is 22.2 Å². The van der Waals surface area contributed by atoms with Crippen LogP contribution in [0.4, 0.5) is 0 Å². The quantitative estimate of drug-likeness (QED) is 0.267. The second-order valence-electron chi connectivity index (χ2n) is 13.5. The highest BCUT2D eigenvalue weighted by atomic mass is 16.5. The normalized spacial score (nSPS) is 24.4. The number of carbonyl (C=O) groups excluding carboxylic acids is 2. The van der Waals surface area contributed by atoms with E-state index in [1.807, 2.05) is 55.4 Å². The maximum atomic E-state index is 12.6. The Morgan fingerprint density at radius 3 is 1.11 bits per heavy atom. The number of hydrogen-bond donors (Lipinski definition) is 2. The molecule has 2 rings (SSSR count). The van der Waals surface area contributed by atoms with Crippen LogP contribution in [0.15, 0.2) is 0 Å². The Bertz CT molecular complexity index is 650. The summed E-state index contributed by atoms with van der Waals surface area (Å²) in [6, 6.07) is 0. The molecule has 8 nitrogen and oxygen atoms in total. The molecule has 8 heteroatoms. The van der Waals surface area contributed by atoms with Gasteiger partial charge in [-0.1, -0.05) is 25.7 Å². The number of hydroxylamine groups is 4. The monoisotopic (exact) mass is 512 g/mol. The van der Waals surface area contributed by atoms with E-state index in [2.05, 4.69) is 0 Å². The van der Waals surface area contributed by atoms with E-state index in [1.165, 1.54) is 10.1 Å². The second kappa shape index (κ2) is 12.1. The highest BCUT2D eigenvalue weighted by Gasteiger charge is 2.48. The molecule has 0 unspecified atom stereocenters. The predicted molar refractivity (Wildman–Crippen MR) is 139 cm³/mol. The van der Waals surface area contributed by atoms with E-state index in [0.717, 1.165) is 38.5 Å². The van der Waals surface area contributed by atoms with E-state index in [4.69, 9.17) is 9.47 Å². The summed E-state index contributed by atoms with van der Waals surface area (Å²) in [5, 5.41) is 23.6. The fourth-order valence-electron chi connectivity index (χ4n) is 6.37. The first-order valence-electron chi connectivity index (χ1n) is 13.8. The average molecular weight is 513 g/mol. The van der Waals surface area contributed by atoms with Gasteiger partial charge >= 0.3 is 11.9 Å². The predicted octanol–water partition coefficient (Wildman–Crippen LogP) is 5.73. The molecule has 2 fully saturated rings. The summed E-state index contributed by atoms with van der Waals surface area (Å²) < 4.78 is 11.1. The Labute approximate surface area is 218 Å². The zero-order chi connectivity index (χ0) is 27.4. The van der Waals surface area contributed by atoms with E-state index in [-0.39, 0.29) is 23.8 Å². The van der Waals surface area contributed by atoms with Gasteiger partial charge in [-0.15, -0.1) is 0 Å². The molecule has 0 amide bonds. The lowest BCUT2D eigenvalue weighted by Crippen LogP contribution is -2.60. The Morgan fingerprint density at radius 2 is 0.833 bits per heavy atom. The molecule has 0 aromatic carbocycles. The zero-order valence-electron chi connectivity index (χ0n) is 24.1. The largest absolute Gasteiger partial charge is 0.465 e. The SMILES string of the molecule is CC1(C)CC(C(=O)OCCCCCCCCOC(=O)C2CC(C)(C)N(O)C(C)(C)C2)CC(C)(C)N1O. The van der Waals surface area contributed by atoms with Gasteiger partial charge in [-0.05, 0) is 93.9 Å². The van der Waals surface area contributed by atoms with Crippen molar-refractivity contribution in [3.8, 4) is 0 Å². The average Bonchev–Trinajstić information content (AvgIpc) is 2.75. The highest BCUT2D eigenvalue weighted by Crippen LogP contribution is 2.41. The number of rotatable bonds is 11. The smallest absolute Gasteiger partial charge is 0.309 e. The lowest BCUT2D eigenvalue weighted by Gasteiger charge is -2.50. The lowest BCUT2D eigenvalue weighted by molar-refractivity contribution is -0.252. The standard InChI is InChI=1S/C28H52N2O6/c1-25(2)17-21(18-26(3,4)29(25)33)23(31)35-15-13-11-9-10-12-14-16-36-24(32)22-19-27(5,6)30(34)28(7,8)20-22/h21-22,33-34H,9-20H2,1-8H3. The first-order valence-corrected chi connectivity index (χ1v) is 13.8. The summed E-state index contributed by atoms with van der Waals surface area (Å²) in [5.41, 5.74) is -1.82. The number of esters is 2. The van der Waals surface area contributed by atoms with E-state index >= 15 is 0 Å². The molecule has 2 saturated heterocycles. The van der Waals surface area contributed by atoms with Gasteiger partial charge in [0.2, 0.25) is 0 Å². The highest BCUT2D eigenvalue weighted by molar-refractivity contribution is 5.73. The van der Waals surface area contributed by atoms with Crippen LogP contribution in [0.1, 0.15) is 120 Å². The third-order valence-corrected chi connectivity index (χ3v) is 7.97. The van der Waals surface area contributed by atoms with Gasteiger partial charge in [0, 0.05) is 22.2 Å². The van der Waals surface area contributed by atoms with Crippen molar-refractivity contribution in [3.63, 3.8) is 0 Å². The Balaban J connectivity index is 1.54. The minimum atomic E-state index is -0.454. The number of nitrogens with zero attached hydrogens (tertiary/aromatic N) is 2. The second-order valence-corrected chi connectivity index (χ2v) is 13.5. The van der Waals surface area contributed by atoms with Crippen molar-refractivity contribution in [1.29, 1.82) is 0 Å². The van der Waals surface area contributed by atoms with Gasteiger partial charge in [0.15, 0.2) is 0 Å². The fraction of sp³-hybridized carbons (Fsp3) is 0.929. The number of piperidine rings is 2. The van der Waals surface area contributed by atoms with E-state index in [1.54, 1.807) is 0 Å². The molecule has 0 aliphatic carbocycles. The molecular formula is C28H52N2O6. The molecular weight excluding hydrogens is 460 g/mol. The van der Waals surface area contributed by atoms with Crippen LogP contribution >= 0.6 is 0 Å². The van der Waals surface area contributed by atoms with E-state index in [0.29, 0.717) is 38.9 Å². The minimum absolute atomic E-state index is 0.150. The minimum Gasteiger partial charge on any atom is -0.465 e. The first kappa shape index (κ1) is 31.0. The van der Waals surface area contributed by atoms with Crippen molar-refractivity contribution in [3.05, 3.63) is 0 Å². The van der Waals surface area contributed by atoms with Crippen molar-refractivity contribution in [2.24, 2.45) is 11.8 Å². The molecule has 2 aliphatic heterocycles. The Kier molecular flexibility index (Phi) is 10.4. The van der Waals surface area contributed by atoms with Crippen molar-refractivity contribution in [2.45, 2.75) is 142 Å². The molecule has 210 valence electrons. The molecule has 0 saturated carbocycles. The maximum absolute atomic E-state index is 12.6. The molecule has 2 N–H and O–H groups in total. The fourth-order valence-corrected chi connectivity index (χ4v) is 6.37. The lowest BCUT2D eigenvalue weighted by atomic mass is 9.75. The summed E-state index contributed by atoms with van der Waals surface area (Å²) in [7, 11) is 0. The van der Waals surface area contributed by atoms with E-state index in [9.17, 15) is 20.0 Å². The summed E-state index contributed by atoms with van der Waals surface area (Å²) in [4.78, 5) is 25.1. The van der Waals surface area contributed by atoms with Gasteiger partial charge in [0.25, 0.3) is 0 Å². The molecule has 36 heavy (non-hydrogen) atoms. The van der Waals surface area contributed by atoms with Crippen LogP contribution in [0.2, 0.25) is 0 Å². The summed E-state index contributed by atoms with van der Waals surface area (Å²) in [5.74, 6) is -0.672. The van der Waals surface area contributed by atoms with Crippen LogP contribution < -0.4 is 0 Å². The molecule has 0 radical (unpaired) electrons. The van der Waals surface area contributed by atoms with Crippen LogP contribution in [0.25, 0.3) is 0 Å². The Morgan fingerprint density at radius 1 is 0.583 bits per heavy atom. The van der Waals surface area contributed by atoms with Gasteiger partial charge in [-0.3, -0.25) is 9.59 Å². The van der Waals surface area contributed by atoms with Crippen molar-refractivity contribution in [2.75, 3.05) is 13.2 Å². The molecule has 2 heterocycles. The molecule has 0 bridgehead atoms. The van der Waals surface area contributed by atoms with Crippen LogP contribution in [0, 0.1) is 11.8 Å². The van der Waals surface area contributed by atoms with Gasteiger partial charge < -0.3 is 19.9 Å². The van der Waals surface area contributed by atoms with Crippen LogP contribution in [0.3, 0.4) is 0 Å². The summed E-state index contributed by atoms with van der Waals surface area (Å²) >= 11 is 0. The molecule has 0 aromatic heterocycles. The number of carbonyl (C=O) groups is 2. The van der Waals surface area contributed by atoms with Crippen LogP contribution in [-0.2, 0) is 19.1 Å². The number of hydrogen-bond acceptors (Lipinski definition) is 8. The van der Waals surface area contributed by atoms with Gasteiger partial charge in [0.05, 0.1) is 25.0 Å². The summed E-state index contributed by atoms with van der Waals surface area (Å²) in [6.07, 6.45) is 8.19. The number of ether oxygens (including phenoxy) is 2. The van der Waals surface area contributed by atoms with Crippen molar-refractivity contribution < 1.29 is 29.5 Å². The van der Waals surface area contributed by atoms with Crippen LogP contribution in [-0.4, -0.2) is 67.8 Å². The van der Waals surface area contributed by atoms with Crippen LogP contribution in [0.5, 0.6) is 0 Å². The number of unbranched alkanes of at least 4 members (excludes halogenated alkanes) is 5. The molecule has 2 aliphatic rings. The Hall–Kier alpha value is -1.22. The zero-order valence-corrected chi connectivity index (χ0v) is 24.1. The van der Waals surface area contributed by atoms with Gasteiger partial charge in [0.1, 0.15) is 0 Å². The van der Waals surface area contributed by atoms with Crippen molar-refractivity contribution >= 4 is 11.9 Å². The maximum Gasteiger partial charge on any atom is 0.309 e. The summed E-state index contributed by atoms with van der Waals surface area (Å²) in [6.45, 7) is 16.5.